The van der Waals surface area contributed by atoms with Gasteiger partial charge in [-0.2, -0.15) is 0 Å². The molecule has 1 amide bonds. The van der Waals surface area contributed by atoms with E-state index in [1.54, 1.807) is 18.2 Å². The van der Waals surface area contributed by atoms with Crippen molar-refractivity contribution in [1.82, 2.24) is 0 Å². The van der Waals surface area contributed by atoms with E-state index in [4.69, 9.17) is 14.2 Å². The number of hydrogen-bond donors (Lipinski definition) is 2. The van der Waals surface area contributed by atoms with E-state index in [-0.39, 0.29) is 39.9 Å². The molecule has 0 radical (unpaired) electrons. The lowest BCUT2D eigenvalue weighted by molar-refractivity contribution is -0.114. The van der Waals surface area contributed by atoms with Crippen molar-refractivity contribution in [2.75, 3.05) is 44.8 Å². The van der Waals surface area contributed by atoms with Gasteiger partial charge in [-0.1, -0.05) is 12.1 Å². The van der Waals surface area contributed by atoms with Crippen LogP contribution in [0, 0.1) is 0 Å². The zero-order valence-corrected chi connectivity index (χ0v) is 17.3. The third kappa shape index (κ3) is 5.17. The van der Waals surface area contributed by atoms with Crippen molar-refractivity contribution < 1.29 is 32.2 Å². The van der Waals surface area contributed by atoms with E-state index in [1.165, 1.54) is 39.5 Å². The van der Waals surface area contributed by atoms with Crippen molar-refractivity contribution >= 4 is 33.1 Å². The quantitative estimate of drug-likeness (QED) is 0.620. The number of esters is 1. The van der Waals surface area contributed by atoms with Gasteiger partial charge in [0, 0.05) is 6.26 Å². The molecule has 0 atom stereocenters. The van der Waals surface area contributed by atoms with E-state index < -0.39 is 21.7 Å². The van der Waals surface area contributed by atoms with E-state index in [2.05, 4.69) is 10.6 Å². The fraction of sp³-hybridized carbons (Fsp3) is 0.263. The molecule has 0 aliphatic heterocycles. The Bertz CT molecular complexity index is 1020. The van der Waals surface area contributed by atoms with Gasteiger partial charge in [-0.3, -0.25) is 4.79 Å². The summed E-state index contributed by atoms with van der Waals surface area (Å²) in [6, 6.07) is 9.38. The summed E-state index contributed by atoms with van der Waals surface area (Å²) in [5.74, 6) is -0.796. The van der Waals surface area contributed by atoms with Crippen molar-refractivity contribution in [2.24, 2.45) is 0 Å². The highest BCUT2D eigenvalue weighted by molar-refractivity contribution is 7.91. The fourth-order valence-corrected chi connectivity index (χ4v) is 3.72. The van der Waals surface area contributed by atoms with E-state index in [0.29, 0.717) is 0 Å². The van der Waals surface area contributed by atoms with Crippen molar-refractivity contribution in [3.63, 3.8) is 0 Å². The number of ether oxygens (including phenoxy) is 3. The van der Waals surface area contributed by atoms with Crippen LogP contribution in [0.3, 0.4) is 0 Å². The first-order valence-electron chi connectivity index (χ1n) is 8.39. The highest BCUT2D eigenvalue weighted by atomic mass is 32.2. The molecule has 2 rings (SSSR count). The van der Waals surface area contributed by atoms with Gasteiger partial charge < -0.3 is 24.8 Å². The number of anilines is 2. The molecule has 10 heteroatoms. The van der Waals surface area contributed by atoms with Gasteiger partial charge in [-0.05, 0) is 24.3 Å². The largest absolute Gasteiger partial charge is 0.493 e. The number of rotatable bonds is 8. The molecule has 0 aromatic heterocycles. The van der Waals surface area contributed by atoms with Crippen LogP contribution in [-0.4, -0.2) is 54.4 Å². The van der Waals surface area contributed by atoms with Crippen molar-refractivity contribution in [2.45, 2.75) is 4.90 Å². The molecule has 29 heavy (non-hydrogen) atoms. The van der Waals surface area contributed by atoms with Gasteiger partial charge in [0.15, 0.2) is 21.3 Å². The Balaban J connectivity index is 2.25. The van der Waals surface area contributed by atoms with Crippen molar-refractivity contribution in [3.8, 4) is 11.5 Å². The zero-order valence-electron chi connectivity index (χ0n) is 16.4. The molecule has 0 spiro atoms. The number of methoxy groups -OCH3 is 3. The summed E-state index contributed by atoms with van der Waals surface area (Å²) in [6.45, 7) is -0.256. The summed E-state index contributed by atoms with van der Waals surface area (Å²) in [5.41, 5.74) is 0.662. The topological polar surface area (TPSA) is 120 Å². The van der Waals surface area contributed by atoms with Crippen LogP contribution in [0.5, 0.6) is 11.5 Å². The van der Waals surface area contributed by atoms with Gasteiger partial charge in [0.1, 0.15) is 4.90 Å². The molecule has 2 aromatic carbocycles. The lowest BCUT2D eigenvalue weighted by atomic mass is 10.2. The first-order valence-corrected chi connectivity index (χ1v) is 10.3. The highest BCUT2D eigenvalue weighted by Crippen LogP contribution is 2.39. The molecule has 2 aromatic rings. The zero-order chi connectivity index (χ0) is 21.6. The number of benzene rings is 2. The Morgan fingerprint density at radius 2 is 1.66 bits per heavy atom. The number of sulfone groups is 1. The number of nitrogens with one attached hydrogen (secondary N) is 2. The lowest BCUT2D eigenvalue weighted by Gasteiger charge is -2.17. The van der Waals surface area contributed by atoms with Crippen LogP contribution in [0.1, 0.15) is 10.4 Å². The summed E-state index contributed by atoms with van der Waals surface area (Å²) in [4.78, 5) is 24.0. The highest BCUT2D eigenvalue weighted by Gasteiger charge is 2.24. The molecule has 9 nitrogen and oxygen atoms in total. The van der Waals surface area contributed by atoms with Crippen LogP contribution in [0.2, 0.25) is 0 Å². The number of carbonyl (C=O) groups is 2. The van der Waals surface area contributed by atoms with E-state index >= 15 is 0 Å². The van der Waals surface area contributed by atoms with Crippen LogP contribution in [0.4, 0.5) is 11.4 Å². The molecule has 0 bridgehead atoms. The molecule has 0 aliphatic rings. The molecule has 0 saturated heterocycles. The molecule has 0 heterocycles. The van der Waals surface area contributed by atoms with Gasteiger partial charge in [0.05, 0.1) is 44.8 Å². The summed E-state index contributed by atoms with van der Waals surface area (Å²) < 4.78 is 39.5. The average molecular weight is 422 g/mol. The van der Waals surface area contributed by atoms with Crippen LogP contribution in [0.15, 0.2) is 41.3 Å². The molecule has 0 saturated carbocycles. The third-order valence-electron chi connectivity index (χ3n) is 3.92. The number of amides is 1. The van der Waals surface area contributed by atoms with Crippen LogP contribution in [-0.2, 0) is 19.4 Å². The number of para-hydroxylation sites is 1. The van der Waals surface area contributed by atoms with Gasteiger partial charge in [0.25, 0.3) is 0 Å². The second kappa shape index (κ2) is 9.28. The molecule has 0 fully saturated rings. The smallest absolute Gasteiger partial charge is 0.339 e. The minimum atomic E-state index is -3.70. The van der Waals surface area contributed by atoms with E-state index in [1.807, 2.05) is 0 Å². The monoisotopic (exact) mass is 422 g/mol. The van der Waals surface area contributed by atoms with Crippen LogP contribution < -0.4 is 20.1 Å². The average Bonchev–Trinajstić information content (AvgIpc) is 2.70. The molecule has 0 unspecified atom stereocenters. The predicted molar refractivity (Wildman–Crippen MR) is 108 cm³/mol. The Labute approximate surface area is 168 Å². The molecular formula is C19H22N2O7S. The SMILES string of the molecule is COC(=O)c1ccccc1NC(=O)CNc1ccc(OC)c(OC)c1S(C)(=O)=O. The third-order valence-corrected chi connectivity index (χ3v) is 5.06. The first-order chi connectivity index (χ1) is 13.7. The van der Waals surface area contributed by atoms with Gasteiger partial charge >= 0.3 is 5.97 Å². The Morgan fingerprint density at radius 3 is 2.24 bits per heavy atom. The molecular weight excluding hydrogens is 400 g/mol. The minimum Gasteiger partial charge on any atom is -0.493 e. The predicted octanol–water partition coefficient (Wildman–Crippen LogP) is 1.94. The maximum absolute atomic E-state index is 12.4. The Kier molecular flexibility index (Phi) is 7.05. The second-order valence-corrected chi connectivity index (χ2v) is 7.84. The van der Waals surface area contributed by atoms with Crippen molar-refractivity contribution in [1.29, 1.82) is 0 Å². The van der Waals surface area contributed by atoms with Crippen LogP contribution >= 0.6 is 0 Å². The standard InChI is InChI=1S/C19H22N2O7S/c1-26-15-10-9-14(18(17(15)27-2)29(4,24)25)20-11-16(22)21-13-8-6-5-7-12(13)19(23)28-3/h5-10,20H,11H2,1-4H3,(H,21,22). The van der Waals surface area contributed by atoms with E-state index in [9.17, 15) is 18.0 Å². The van der Waals surface area contributed by atoms with Gasteiger partial charge in [-0.15, -0.1) is 0 Å². The van der Waals surface area contributed by atoms with Gasteiger partial charge in [-0.25, -0.2) is 13.2 Å². The molecule has 0 aliphatic carbocycles. The Hall–Kier alpha value is -3.27. The van der Waals surface area contributed by atoms with E-state index in [0.717, 1.165) is 6.26 Å². The maximum Gasteiger partial charge on any atom is 0.339 e. The lowest BCUT2D eigenvalue weighted by Crippen LogP contribution is -2.24. The van der Waals surface area contributed by atoms with Gasteiger partial charge in [0.2, 0.25) is 5.91 Å². The summed E-state index contributed by atoms with van der Waals surface area (Å²) >= 11 is 0. The summed E-state index contributed by atoms with van der Waals surface area (Å²) in [6.07, 6.45) is 1.03. The minimum absolute atomic E-state index is 0.0384. The second-order valence-electron chi connectivity index (χ2n) is 5.89. The van der Waals surface area contributed by atoms with Crippen LogP contribution in [0.25, 0.3) is 0 Å². The molecule has 156 valence electrons. The summed E-state index contributed by atoms with van der Waals surface area (Å²) in [7, 11) is 0.263. The summed E-state index contributed by atoms with van der Waals surface area (Å²) in [5, 5.41) is 5.38. The first kappa shape index (κ1) is 22.0. The number of hydrogen-bond acceptors (Lipinski definition) is 8. The number of carbonyl (C=O) groups excluding carboxylic acids is 2. The maximum atomic E-state index is 12.4. The fourth-order valence-electron chi connectivity index (χ4n) is 2.66. The molecule has 2 N–H and O–H groups in total. The van der Waals surface area contributed by atoms with Crippen molar-refractivity contribution in [3.05, 3.63) is 42.0 Å². The normalized spacial score (nSPS) is 10.8. The Morgan fingerprint density at radius 1 is 0.966 bits per heavy atom.